The first-order valence-corrected chi connectivity index (χ1v) is 5.97. The number of piperidine rings is 1. The summed E-state index contributed by atoms with van der Waals surface area (Å²) < 4.78 is 0. The molecule has 1 atom stereocenters. The van der Waals surface area contributed by atoms with Crippen LogP contribution in [0.5, 0.6) is 0 Å². The minimum atomic E-state index is 0.306. The molecule has 0 radical (unpaired) electrons. The Balaban J connectivity index is 2.33. The van der Waals surface area contributed by atoms with Gasteiger partial charge in [-0.3, -0.25) is 4.90 Å². The number of likely N-dealkylation sites (tertiary alicyclic amines) is 1. The first-order valence-electron chi connectivity index (χ1n) is 5.44. The van der Waals surface area contributed by atoms with E-state index in [0.717, 1.165) is 19.5 Å². The third kappa shape index (κ3) is 3.99. The largest absolute Gasteiger partial charge is 0.396 e. The second-order valence-corrected chi connectivity index (χ2v) is 4.09. The van der Waals surface area contributed by atoms with Crippen LogP contribution in [0.15, 0.2) is 12.2 Å². The summed E-state index contributed by atoms with van der Waals surface area (Å²) in [6.07, 6.45) is 8.86. The second-order valence-electron chi connectivity index (χ2n) is 3.78. The first-order chi connectivity index (χ1) is 6.88. The van der Waals surface area contributed by atoms with Gasteiger partial charge < -0.3 is 5.11 Å². The van der Waals surface area contributed by atoms with E-state index >= 15 is 0 Å². The van der Waals surface area contributed by atoms with Gasteiger partial charge in [0.25, 0.3) is 0 Å². The molecule has 0 spiro atoms. The fourth-order valence-electron chi connectivity index (χ4n) is 2.05. The van der Waals surface area contributed by atoms with Crippen molar-refractivity contribution < 1.29 is 5.11 Å². The number of hydrogen-bond acceptors (Lipinski definition) is 2. The summed E-state index contributed by atoms with van der Waals surface area (Å²) in [6, 6.07) is 0.578. The summed E-state index contributed by atoms with van der Waals surface area (Å²) in [5, 5.41) is 8.94. The van der Waals surface area contributed by atoms with Crippen LogP contribution >= 0.6 is 11.6 Å². The Labute approximate surface area is 91.6 Å². The predicted molar refractivity (Wildman–Crippen MR) is 60.8 cm³/mol. The molecule has 1 N–H and O–H groups in total. The van der Waals surface area contributed by atoms with Crippen LogP contribution in [0.1, 0.15) is 25.7 Å². The van der Waals surface area contributed by atoms with Gasteiger partial charge in [0, 0.05) is 25.1 Å². The van der Waals surface area contributed by atoms with Gasteiger partial charge >= 0.3 is 0 Å². The molecule has 14 heavy (non-hydrogen) atoms. The summed E-state index contributed by atoms with van der Waals surface area (Å²) in [4.78, 5) is 2.45. The van der Waals surface area contributed by atoms with Crippen LogP contribution in [-0.4, -0.2) is 41.6 Å². The molecule has 1 heterocycles. The number of aliphatic hydroxyl groups excluding tert-OH is 1. The maximum Gasteiger partial charge on any atom is 0.0445 e. The lowest BCUT2D eigenvalue weighted by Crippen LogP contribution is -2.40. The van der Waals surface area contributed by atoms with E-state index in [-0.39, 0.29) is 0 Å². The van der Waals surface area contributed by atoms with Gasteiger partial charge in [0.2, 0.25) is 0 Å². The fraction of sp³-hybridized carbons (Fsp3) is 0.818. The van der Waals surface area contributed by atoms with Crippen molar-refractivity contribution in [3.05, 3.63) is 12.2 Å². The molecule has 2 nitrogen and oxygen atoms in total. The predicted octanol–water partition coefficient (Wildman–Crippen LogP) is 2.02. The number of halogens is 1. The van der Waals surface area contributed by atoms with Gasteiger partial charge in [-0.1, -0.05) is 18.6 Å². The molecule has 0 saturated carbocycles. The van der Waals surface area contributed by atoms with Crippen molar-refractivity contribution in [3.63, 3.8) is 0 Å². The molecule has 0 aromatic heterocycles. The van der Waals surface area contributed by atoms with Crippen molar-refractivity contribution in [2.75, 3.05) is 25.6 Å². The zero-order valence-electron chi connectivity index (χ0n) is 8.66. The van der Waals surface area contributed by atoms with Crippen LogP contribution in [0, 0.1) is 0 Å². The quantitative estimate of drug-likeness (QED) is 0.563. The first kappa shape index (κ1) is 12.0. The van der Waals surface area contributed by atoms with Gasteiger partial charge in [-0.05, 0) is 25.8 Å². The average molecular weight is 218 g/mol. The van der Waals surface area contributed by atoms with Crippen molar-refractivity contribution >= 4 is 11.6 Å². The molecule has 0 bridgehead atoms. The highest BCUT2D eigenvalue weighted by Crippen LogP contribution is 2.18. The molecule has 0 amide bonds. The molecule has 1 unspecified atom stereocenters. The van der Waals surface area contributed by atoms with Gasteiger partial charge in [-0.2, -0.15) is 0 Å². The maximum atomic E-state index is 8.94. The van der Waals surface area contributed by atoms with Crippen molar-refractivity contribution in [2.24, 2.45) is 0 Å². The van der Waals surface area contributed by atoms with Crippen molar-refractivity contribution in [3.8, 4) is 0 Å². The molecule has 0 aromatic carbocycles. The zero-order chi connectivity index (χ0) is 10.2. The standard InChI is InChI=1S/C11H20ClNO/c12-7-2-4-9-13-8-3-1-5-11(13)6-10-14/h2,4,11,14H,1,3,5-10H2. The van der Waals surface area contributed by atoms with Crippen LogP contribution in [0.2, 0.25) is 0 Å². The number of hydrogen-bond donors (Lipinski definition) is 1. The Morgan fingerprint density at radius 2 is 2.21 bits per heavy atom. The smallest absolute Gasteiger partial charge is 0.0445 e. The lowest BCUT2D eigenvalue weighted by atomic mass is 10.00. The Kier molecular flexibility index (Phi) is 6.24. The van der Waals surface area contributed by atoms with E-state index in [1.165, 1.54) is 19.3 Å². The molecule has 1 aliphatic rings. The van der Waals surface area contributed by atoms with Crippen LogP contribution in [-0.2, 0) is 0 Å². The van der Waals surface area contributed by atoms with Gasteiger partial charge in [0.05, 0.1) is 0 Å². The summed E-state index contributed by atoms with van der Waals surface area (Å²) in [5.41, 5.74) is 0. The van der Waals surface area contributed by atoms with Crippen LogP contribution in [0.3, 0.4) is 0 Å². The van der Waals surface area contributed by atoms with E-state index in [4.69, 9.17) is 16.7 Å². The number of nitrogens with zero attached hydrogens (tertiary/aromatic N) is 1. The van der Waals surface area contributed by atoms with E-state index < -0.39 is 0 Å². The number of rotatable bonds is 5. The van der Waals surface area contributed by atoms with Gasteiger partial charge in [-0.15, -0.1) is 11.6 Å². The summed E-state index contributed by atoms with van der Waals surface area (Å²) >= 11 is 5.57. The maximum absolute atomic E-state index is 8.94. The highest BCUT2D eigenvalue weighted by molar-refractivity contribution is 6.18. The Bertz CT molecular complexity index is 171. The molecule has 3 heteroatoms. The lowest BCUT2D eigenvalue weighted by molar-refractivity contribution is 0.132. The van der Waals surface area contributed by atoms with Crippen LogP contribution in [0.25, 0.3) is 0 Å². The number of aliphatic hydroxyl groups is 1. The van der Waals surface area contributed by atoms with E-state index in [0.29, 0.717) is 18.5 Å². The van der Waals surface area contributed by atoms with Gasteiger partial charge in [-0.25, -0.2) is 0 Å². The molecular formula is C11H20ClNO. The molecule has 0 aromatic rings. The summed E-state index contributed by atoms with van der Waals surface area (Å²) in [6.45, 7) is 2.45. The van der Waals surface area contributed by atoms with E-state index in [2.05, 4.69) is 11.0 Å². The molecule has 1 rings (SSSR count). The highest BCUT2D eigenvalue weighted by Gasteiger charge is 2.20. The average Bonchev–Trinajstić information content (AvgIpc) is 2.21. The van der Waals surface area contributed by atoms with E-state index in [1.54, 1.807) is 0 Å². The summed E-state index contributed by atoms with van der Waals surface area (Å²) in [5.74, 6) is 0.596. The number of alkyl halides is 1. The molecule has 1 fully saturated rings. The van der Waals surface area contributed by atoms with Crippen LogP contribution < -0.4 is 0 Å². The van der Waals surface area contributed by atoms with E-state index in [9.17, 15) is 0 Å². The molecule has 0 aliphatic carbocycles. The minimum Gasteiger partial charge on any atom is -0.396 e. The van der Waals surface area contributed by atoms with Gasteiger partial charge in [0.15, 0.2) is 0 Å². The molecule has 1 saturated heterocycles. The van der Waals surface area contributed by atoms with Crippen LogP contribution in [0.4, 0.5) is 0 Å². The lowest BCUT2D eigenvalue weighted by Gasteiger charge is -2.34. The van der Waals surface area contributed by atoms with Crippen molar-refractivity contribution in [1.29, 1.82) is 0 Å². The summed E-state index contributed by atoms with van der Waals surface area (Å²) in [7, 11) is 0. The normalized spacial score (nSPS) is 24.6. The topological polar surface area (TPSA) is 23.5 Å². The Morgan fingerprint density at radius 1 is 1.36 bits per heavy atom. The minimum absolute atomic E-state index is 0.306. The third-order valence-electron chi connectivity index (χ3n) is 2.81. The molecule has 82 valence electrons. The Morgan fingerprint density at radius 3 is 2.93 bits per heavy atom. The second kappa shape index (κ2) is 7.27. The molecule has 1 aliphatic heterocycles. The number of allylic oxidation sites excluding steroid dienone is 1. The van der Waals surface area contributed by atoms with Crippen molar-refractivity contribution in [1.82, 2.24) is 4.90 Å². The zero-order valence-corrected chi connectivity index (χ0v) is 9.42. The highest BCUT2D eigenvalue weighted by atomic mass is 35.5. The van der Waals surface area contributed by atoms with E-state index in [1.807, 2.05) is 6.08 Å². The third-order valence-corrected chi connectivity index (χ3v) is 2.99. The van der Waals surface area contributed by atoms with Gasteiger partial charge in [0.1, 0.15) is 0 Å². The Hall–Kier alpha value is -0.0500. The monoisotopic (exact) mass is 217 g/mol. The fourth-order valence-corrected chi connectivity index (χ4v) is 2.18. The SMILES string of the molecule is OCCC1CCCCN1CC=CCCl. The van der Waals surface area contributed by atoms with Crippen molar-refractivity contribution in [2.45, 2.75) is 31.7 Å². The molecular weight excluding hydrogens is 198 g/mol.